The van der Waals surface area contributed by atoms with Gasteiger partial charge in [-0.1, -0.05) is 24.6 Å². The maximum atomic E-state index is 6.21. The first kappa shape index (κ1) is 15.8. The van der Waals surface area contributed by atoms with Gasteiger partial charge in [-0.15, -0.1) is 11.3 Å². The van der Waals surface area contributed by atoms with Gasteiger partial charge in [0.05, 0.1) is 17.6 Å². The molecule has 0 radical (unpaired) electrons. The average molecular weight is 375 g/mol. The summed E-state index contributed by atoms with van der Waals surface area (Å²) < 4.78 is 6.43. The minimum atomic E-state index is 0.0971. The van der Waals surface area contributed by atoms with E-state index < -0.39 is 0 Å². The van der Waals surface area contributed by atoms with Crippen molar-refractivity contribution in [3.05, 3.63) is 49.6 Å². The second-order valence-corrected chi connectivity index (χ2v) is 6.68. The molecule has 1 heterocycles. The third-order valence-corrected chi connectivity index (χ3v) is 4.72. The number of hydrogen-bond acceptors (Lipinski definition) is 3. The molecule has 0 aliphatic rings. The lowest BCUT2D eigenvalue weighted by molar-refractivity contribution is 0.401. The van der Waals surface area contributed by atoms with Gasteiger partial charge in [-0.25, -0.2) is 0 Å². The van der Waals surface area contributed by atoms with Gasteiger partial charge in [-0.2, -0.15) is 0 Å². The summed E-state index contributed by atoms with van der Waals surface area (Å²) in [6.45, 7) is 3.10. The van der Waals surface area contributed by atoms with Crippen LogP contribution < -0.4 is 10.1 Å². The largest absolute Gasteiger partial charge is 0.495 e. The molecule has 0 saturated heterocycles. The lowest BCUT2D eigenvalue weighted by Crippen LogP contribution is -2.23. The summed E-state index contributed by atoms with van der Waals surface area (Å²) >= 11 is 11.5. The molecule has 2 rings (SSSR count). The Morgan fingerprint density at radius 1 is 1.45 bits per heavy atom. The van der Waals surface area contributed by atoms with Gasteiger partial charge in [0, 0.05) is 15.5 Å². The monoisotopic (exact) mass is 373 g/mol. The second kappa shape index (κ2) is 7.46. The number of nitrogens with one attached hydrogen (secondary N) is 1. The standard InChI is InChI=1S/C15H17BrClNOS/c1-3-6-18-14(13-5-4-7-20-13)11-8-10(17)9-12(16)15(11)19-2/h4-5,7-9,14,18H,3,6H2,1-2H3. The van der Waals surface area contributed by atoms with Gasteiger partial charge in [0.1, 0.15) is 5.75 Å². The van der Waals surface area contributed by atoms with Crippen LogP contribution >= 0.6 is 38.9 Å². The molecule has 0 saturated carbocycles. The van der Waals surface area contributed by atoms with Crippen LogP contribution in [0.5, 0.6) is 5.75 Å². The Balaban J connectivity index is 2.47. The van der Waals surface area contributed by atoms with E-state index in [-0.39, 0.29) is 6.04 Å². The Morgan fingerprint density at radius 2 is 2.25 bits per heavy atom. The molecular formula is C15H17BrClNOS. The zero-order valence-corrected chi connectivity index (χ0v) is 14.6. The molecule has 0 amide bonds. The molecule has 1 N–H and O–H groups in total. The molecule has 2 aromatic rings. The molecule has 0 aliphatic heterocycles. The highest BCUT2D eigenvalue weighted by atomic mass is 79.9. The highest BCUT2D eigenvalue weighted by Crippen LogP contribution is 2.39. The number of ether oxygens (including phenoxy) is 1. The molecular weight excluding hydrogens is 358 g/mol. The van der Waals surface area contributed by atoms with Crippen molar-refractivity contribution in [1.29, 1.82) is 0 Å². The minimum Gasteiger partial charge on any atom is -0.495 e. The Labute approximate surface area is 137 Å². The van der Waals surface area contributed by atoms with Gasteiger partial charge in [-0.05, 0) is 52.5 Å². The molecule has 0 bridgehead atoms. The first-order valence-corrected chi connectivity index (χ1v) is 8.52. The van der Waals surface area contributed by atoms with E-state index in [1.165, 1.54) is 4.88 Å². The fraction of sp³-hybridized carbons (Fsp3) is 0.333. The van der Waals surface area contributed by atoms with Crippen molar-refractivity contribution in [2.75, 3.05) is 13.7 Å². The van der Waals surface area contributed by atoms with Crippen LogP contribution in [0.4, 0.5) is 0 Å². The van der Waals surface area contributed by atoms with Crippen LogP contribution in [0, 0.1) is 0 Å². The zero-order valence-electron chi connectivity index (χ0n) is 11.5. The molecule has 5 heteroatoms. The number of rotatable bonds is 6. The van der Waals surface area contributed by atoms with Gasteiger partial charge in [0.2, 0.25) is 0 Å². The van der Waals surface area contributed by atoms with E-state index in [4.69, 9.17) is 16.3 Å². The first-order chi connectivity index (χ1) is 9.67. The lowest BCUT2D eigenvalue weighted by Gasteiger charge is -2.21. The summed E-state index contributed by atoms with van der Waals surface area (Å²) in [4.78, 5) is 1.26. The topological polar surface area (TPSA) is 21.3 Å². The number of thiophene rings is 1. The van der Waals surface area contributed by atoms with Gasteiger partial charge in [-0.3, -0.25) is 0 Å². The number of benzene rings is 1. The van der Waals surface area contributed by atoms with Crippen molar-refractivity contribution in [2.45, 2.75) is 19.4 Å². The number of hydrogen-bond donors (Lipinski definition) is 1. The predicted octanol–water partition coefficient (Wildman–Crippen LogP) is 5.26. The third kappa shape index (κ3) is 3.55. The highest BCUT2D eigenvalue weighted by Gasteiger charge is 2.21. The van der Waals surface area contributed by atoms with Gasteiger partial charge >= 0.3 is 0 Å². The van der Waals surface area contributed by atoms with Crippen molar-refractivity contribution in [3.8, 4) is 5.75 Å². The van der Waals surface area contributed by atoms with Crippen LogP contribution in [0.15, 0.2) is 34.1 Å². The smallest absolute Gasteiger partial charge is 0.138 e. The van der Waals surface area contributed by atoms with Crippen molar-refractivity contribution in [2.24, 2.45) is 0 Å². The number of methoxy groups -OCH3 is 1. The van der Waals surface area contributed by atoms with Crippen LogP contribution in [0.2, 0.25) is 5.02 Å². The van der Waals surface area contributed by atoms with Gasteiger partial charge in [0.15, 0.2) is 0 Å². The summed E-state index contributed by atoms with van der Waals surface area (Å²) in [7, 11) is 1.68. The Bertz CT molecular complexity index is 559. The highest BCUT2D eigenvalue weighted by molar-refractivity contribution is 9.10. The second-order valence-electron chi connectivity index (χ2n) is 4.41. The fourth-order valence-corrected chi connectivity index (χ4v) is 3.93. The predicted molar refractivity (Wildman–Crippen MR) is 90.2 cm³/mol. The van der Waals surface area contributed by atoms with Crippen LogP contribution in [0.25, 0.3) is 0 Å². The van der Waals surface area contributed by atoms with Crippen LogP contribution in [0.3, 0.4) is 0 Å². The van der Waals surface area contributed by atoms with E-state index in [9.17, 15) is 0 Å². The summed E-state index contributed by atoms with van der Waals surface area (Å²) in [6.07, 6.45) is 1.08. The number of halogens is 2. The van der Waals surface area contributed by atoms with Crippen molar-refractivity contribution in [3.63, 3.8) is 0 Å². The Kier molecular flexibility index (Phi) is 5.90. The zero-order chi connectivity index (χ0) is 14.5. The molecule has 0 aliphatic carbocycles. The van der Waals surface area contributed by atoms with Crippen molar-refractivity contribution in [1.82, 2.24) is 5.32 Å². The molecule has 1 atom stereocenters. The Hall–Kier alpha value is -0.550. The summed E-state index contributed by atoms with van der Waals surface area (Å²) in [5, 5.41) is 6.35. The molecule has 1 aromatic heterocycles. The van der Waals surface area contributed by atoms with E-state index in [0.29, 0.717) is 5.02 Å². The molecule has 1 unspecified atom stereocenters. The third-order valence-electron chi connectivity index (χ3n) is 2.98. The van der Waals surface area contributed by atoms with Gasteiger partial charge in [0.25, 0.3) is 0 Å². The first-order valence-electron chi connectivity index (χ1n) is 6.47. The quantitative estimate of drug-likeness (QED) is 0.744. The van der Waals surface area contributed by atoms with Crippen LogP contribution in [-0.2, 0) is 0 Å². The summed E-state index contributed by atoms with van der Waals surface area (Å²) in [5.41, 5.74) is 1.06. The van der Waals surface area contributed by atoms with E-state index in [1.54, 1.807) is 18.4 Å². The fourth-order valence-electron chi connectivity index (χ4n) is 2.12. The molecule has 1 aromatic carbocycles. The summed E-state index contributed by atoms with van der Waals surface area (Å²) in [6, 6.07) is 8.12. The van der Waals surface area contributed by atoms with Crippen LogP contribution in [-0.4, -0.2) is 13.7 Å². The van der Waals surface area contributed by atoms with Crippen molar-refractivity contribution >= 4 is 38.9 Å². The Morgan fingerprint density at radius 3 is 2.85 bits per heavy atom. The molecule has 0 fully saturated rings. The van der Waals surface area contributed by atoms with Crippen LogP contribution in [0.1, 0.15) is 29.8 Å². The van der Waals surface area contributed by atoms with E-state index in [2.05, 4.69) is 45.7 Å². The molecule has 108 valence electrons. The van der Waals surface area contributed by atoms with E-state index in [1.807, 2.05) is 12.1 Å². The maximum Gasteiger partial charge on any atom is 0.138 e. The molecule has 20 heavy (non-hydrogen) atoms. The summed E-state index contributed by atoms with van der Waals surface area (Å²) in [5.74, 6) is 0.830. The van der Waals surface area contributed by atoms with E-state index >= 15 is 0 Å². The normalized spacial score (nSPS) is 12.4. The minimum absolute atomic E-state index is 0.0971. The molecule has 2 nitrogen and oxygen atoms in total. The lowest BCUT2D eigenvalue weighted by atomic mass is 10.0. The van der Waals surface area contributed by atoms with E-state index in [0.717, 1.165) is 28.8 Å². The average Bonchev–Trinajstić information content (AvgIpc) is 2.92. The van der Waals surface area contributed by atoms with Crippen molar-refractivity contribution < 1.29 is 4.74 Å². The SMILES string of the molecule is CCCNC(c1cccs1)c1cc(Cl)cc(Br)c1OC. The van der Waals surface area contributed by atoms with Gasteiger partial charge < -0.3 is 10.1 Å². The maximum absolute atomic E-state index is 6.21. The molecule has 0 spiro atoms.